The summed E-state index contributed by atoms with van der Waals surface area (Å²) in [4.78, 5) is 11.1. The van der Waals surface area contributed by atoms with E-state index in [1.807, 2.05) is 27.7 Å². The van der Waals surface area contributed by atoms with Crippen LogP contribution in [-0.2, 0) is 20.2 Å². The van der Waals surface area contributed by atoms with Crippen LogP contribution in [0.15, 0.2) is 29.2 Å². The number of nitrogens with one attached hydrogen (secondary N) is 1. The van der Waals surface area contributed by atoms with E-state index in [9.17, 15) is 13.2 Å². The summed E-state index contributed by atoms with van der Waals surface area (Å²) in [6.45, 7) is 7.92. The van der Waals surface area contributed by atoms with Gasteiger partial charge in [-0.05, 0) is 29.5 Å². The Morgan fingerprint density at radius 1 is 1.24 bits per heavy atom. The zero-order valence-corrected chi connectivity index (χ0v) is 13.7. The van der Waals surface area contributed by atoms with Gasteiger partial charge in [0.05, 0.1) is 4.90 Å². The molecular formula is C15H23NO4S. The lowest BCUT2D eigenvalue weighted by Gasteiger charge is -2.19. The summed E-state index contributed by atoms with van der Waals surface area (Å²) in [5.41, 5.74) is 0.950. The van der Waals surface area contributed by atoms with Gasteiger partial charge in [0.15, 0.2) is 0 Å². The van der Waals surface area contributed by atoms with Crippen molar-refractivity contribution in [3.05, 3.63) is 29.8 Å². The van der Waals surface area contributed by atoms with Gasteiger partial charge in [-0.2, -0.15) is 4.72 Å². The molecule has 21 heavy (non-hydrogen) atoms. The topological polar surface area (TPSA) is 83.5 Å². The summed E-state index contributed by atoms with van der Waals surface area (Å²) in [6.07, 6.45) is 0.844. The monoisotopic (exact) mass is 313 g/mol. The summed E-state index contributed by atoms with van der Waals surface area (Å²) >= 11 is 0. The minimum Gasteiger partial charge on any atom is -0.480 e. The fraction of sp³-hybridized carbons (Fsp3) is 0.533. The standard InChI is InChI=1S/C15H23NO4S/c1-5-6-13(14(17)18)16-21(19,20)12-9-7-11(8-10-12)15(2,3)4/h7-10,13,16H,5-6H2,1-4H3,(H,17,18)/t13-/m1/s1. The van der Waals surface area contributed by atoms with Gasteiger partial charge in [-0.1, -0.05) is 46.2 Å². The number of carbonyl (C=O) groups is 1. The molecule has 1 aromatic rings. The Kier molecular flexibility index (Phi) is 5.53. The number of hydrogen-bond acceptors (Lipinski definition) is 3. The quantitative estimate of drug-likeness (QED) is 0.845. The van der Waals surface area contributed by atoms with E-state index in [-0.39, 0.29) is 16.7 Å². The van der Waals surface area contributed by atoms with Gasteiger partial charge < -0.3 is 5.11 Å². The first-order valence-electron chi connectivity index (χ1n) is 6.93. The molecule has 0 radical (unpaired) electrons. The van der Waals surface area contributed by atoms with Crippen LogP contribution in [0, 0.1) is 0 Å². The number of rotatable bonds is 6. The van der Waals surface area contributed by atoms with Crippen LogP contribution in [0.1, 0.15) is 46.1 Å². The van der Waals surface area contributed by atoms with Crippen LogP contribution in [0.4, 0.5) is 0 Å². The van der Waals surface area contributed by atoms with Gasteiger partial charge >= 0.3 is 5.97 Å². The fourth-order valence-electron chi connectivity index (χ4n) is 1.91. The minimum absolute atomic E-state index is 0.0679. The van der Waals surface area contributed by atoms with Gasteiger partial charge in [0.1, 0.15) is 6.04 Å². The smallest absolute Gasteiger partial charge is 0.321 e. The van der Waals surface area contributed by atoms with Gasteiger partial charge in [-0.25, -0.2) is 8.42 Å². The van der Waals surface area contributed by atoms with E-state index >= 15 is 0 Å². The Balaban J connectivity index is 3.00. The van der Waals surface area contributed by atoms with Crippen molar-refractivity contribution < 1.29 is 18.3 Å². The van der Waals surface area contributed by atoms with Crippen molar-refractivity contribution in [2.75, 3.05) is 0 Å². The molecule has 0 aliphatic carbocycles. The van der Waals surface area contributed by atoms with Crippen molar-refractivity contribution in [3.63, 3.8) is 0 Å². The molecule has 0 amide bonds. The van der Waals surface area contributed by atoms with E-state index in [2.05, 4.69) is 4.72 Å². The Morgan fingerprint density at radius 2 is 1.76 bits per heavy atom. The minimum atomic E-state index is -3.82. The normalized spacial score (nSPS) is 13.9. The van der Waals surface area contributed by atoms with Crippen molar-refractivity contribution in [1.29, 1.82) is 0 Å². The Bertz CT molecular complexity index is 585. The zero-order chi connectivity index (χ0) is 16.3. The highest BCUT2D eigenvalue weighted by molar-refractivity contribution is 7.89. The second-order valence-corrected chi connectivity index (χ2v) is 7.79. The average molecular weight is 313 g/mol. The molecule has 0 spiro atoms. The molecule has 0 aromatic heterocycles. The van der Waals surface area contributed by atoms with Crippen molar-refractivity contribution in [2.45, 2.75) is 56.9 Å². The van der Waals surface area contributed by atoms with Gasteiger partial charge in [-0.3, -0.25) is 4.79 Å². The Labute approximate surface area is 126 Å². The van der Waals surface area contributed by atoms with Crippen molar-refractivity contribution >= 4 is 16.0 Å². The molecule has 0 unspecified atom stereocenters. The first-order chi connectivity index (χ1) is 9.58. The number of carboxylic acids is 1. The van der Waals surface area contributed by atoms with Crippen molar-refractivity contribution in [3.8, 4) is 0 Å². The van der Waals surface area contributed by atoms with Crippen molar-refractivity contribution in [2.24, 2.45) is 0 Å². The van der Waals surface area contributed by atoms with E-state index in [1.54, 1.807) is 12.1 Å². The molecule has 0 bridgehead atoms. The van der Waals surface area contributed by atoms with Gasteiger partial charge in [-0.15, -0.1) is 0 Å². The largest absolute Gasteiger partial charge is 0.480 e. The van der Waals surface area contributed by atoms with Crippen LogP contribution < -0.4 is 4.72 Å². The van der Waals surface area contributed by atoms with Gasteiger partial charge in [0.25, 0.3) is 0 Å². The highest BCUT2D eigenvalue weighted by Gasteiger charge is 2.25. The summed E-state index contributed by atoms with van der Waals surface area (Å²) in [7, 11) is -3.82. The molecule has 0 heterocycles. The number of carboxylic acid groups (broad SMARTS) is 1. The third-order valence-corrected chi connectivity index (χ3v) is 4.69. The molecular weight excluding hydrogens is 290 g/mol. The van der Waals surface area contributed by atoms with Crippen LogP contribution in [0.3, 0.4) is 0 Å². The number of hydrogen-bond donors (Lipinski definition) is 2. The molecule has 2 N–H and O–H groups in total. The molecule has 1 aromatic carbocycles. The van der Waals surface area contributed by atoms with E-state index in [0.29, 0.717) is 6.42 Å². The van der Waals surface area contributed by atoms with Gasteiger partial charge in [0, 0.05) is 0 Å². The van der Waals surface area contributed by atoms with Crippen LogP contribution in [0.2, 0.25) is 0 Å². The van der Waals surface area contributed by atoms with E-state index in [1.165, 1.54) is 12.1 Å². The highest BCUT2D eigenvalue weighted by Crippen LogP contribution is 2.23. The molecule has 1 atom stereocenters. The maximum absolute atomic E-state index is 12.2. The van der Waals surface area contributed by atoms with Crippen LogP contribution in [-0.4, -0.2) is 25.5 Å². The molecule has 0 saturated carbocycles. The SMILES string of the molecule is CCC[C@@H](NS(=O)(=O)c1ccc(C(C)(C)C)cc1)C(=O)O. The summed E-state index contributed by atoms with van der Waals surface area (Å²) in [6, 6.07) is 5.43. The van der Waals surface area contributed by atoms with Crippen molar-refractivity contribution in [1.82, 2.24) is 4.72 Å². The average Bonchev–Trinajstić information content (AvgIpc) is 2.37. The number of benzene rings is 1. The van der Waals surface area contributed by atoms with Crippen LogP contribution in [0.5, 0.6) is 0 Å². The molecule has 6 heteroatoms. The molecule has 1 rings (SSSR count). The lowest BCUT2D eigenvalue weighted by atomic mass is 9.87. The lowest BCUT2D eigenvalue weighted by molar-refractivity contribution is -0.139. The summed E-state index contributed by atoms with van der Waals surface area (Å²) < 4.78 is 26.7. The molecule has 0 fully saturated rings. The third kappa shape index (κ3) is 4.82. The second kappa shape index (κ2) is 6.58. The fourth-order valence-corrected chi connectivity index (χ4v) is 3.13. The summed E-state index contributed by atoms with van der Waals surface area (Å²) in [5, 5.41) is 9.04. The first kappa shape index (κ1) is 17.7. The first-order valence-corrected chi connectivity index (χ1v) is 8.42. The molecule has 118 valence electrons. The zero-order valence-electron chi connectivity index (χ0n) is 12.9. The predicted molar refractivity (Wildman–Crippen MR) is 81.8 cm³/mol. The third-order valence-electron chi connectivity index (χ3n) is 3.20. The maximum atomic E-state index is 12.2. The number of aliphatic carboxylic acids is 1. The molecule has 0 aliphatic rings. The second-order valence-electron chi connectivity index (χ2n) is 6.08. The lowest BCUT2D eigenvalue weighted by Crippen LogP contribution is -2.40. The molecule has 0 saturated heterocycles. The molecule has 0 aliphatic heterocycles. The predicted octanol–water partition coefficient (Wildman–Crippen LogP) is 2.52. The van der Waals surface area contributed by atoms with E-state index < -0.39 is 22.0 Å². The molecule has 5 nitrogen and oxygen atoms in total. The Morgan fingerprint density at radius 3 is 2.14 bits per heavy atom. The maximum Gasteiger partial charge on any atom is 0.321 e. The van der Waals surface area contributed by atoms with Crippen LogP contribution in [0.25, 0.3) is 0 Å². The Hall–Kier alpha value is -1.40. The summed E-state index contributed by atoms with van der Waals surface area (Å²) in [5.74, 6) is -1.16. The van der Waals surface area contributed by atoms with E-state index in [4.69, 9.17) is 5.11 Å². The van der Waals surface area contributed by atoms with Crippen LogP contribution >= 0.6 is 0 Å². The van der Waals surface area contributed by atoms with E-state index in [0.717, 1.165) is 5.56 Å². The number of sulfonamides is 1. The highest BCUT2D eigenvalue weighted by atomic mass is 32.2. The van der Waals surface area contributed by atoms with Gasteiger partial charge in [0.2, 0.25) is 10.0 Å².